The fourth-order valence-electron chi connectivity index (χ4n) is 2.12. The summed E-state index contributed by atoms with van der Waals surface area (Å²) in [6.07, 6.45) is 0. The molecule has 0 saturated carbocycles. The third-order valence-electron chi connectivity index (χ3n) is 3.36. The highest BCUT2D eigenvalue weighted by molar-refractivity contribution is 5.99. The Balaban J connectivity index is 1.88. The first-order chi connectivity index (χ1) is 10.6. The number of hydrazone groups is 1. The molecule has 4 heteroatoms. The Labute approximate surface area is 131 Å². The van der Waals surface area contributed by atoms with Gasteiger partial charge in [-0.05, 0) is 38.0 Å². The molecule has 2 rings (SSSR count). The van der Waals surface area contributed by atoms with Gasteiger partial charge in [0.15, 0.2) is 0 Å². The fraction of sp³-hybridized carbons (Fsp3) is 0.222. The topological polar surface area (TPSA) is 53.5 Å². The van der Waals surface area contributed by atoms with Crippen LogP contribution in [-0.4, -0.2) is 18.2 Å². The van der Waals surface area contributed by atoms with Crippen molar-refractivity contribution in [2.24, 2.45) is 5.10 Å². The fourth-order valence-corrected chi connectivity index (χ4v) is 2.12. The lowest BCUT2D eigenvalue weighted by Crippen LogP contribution is -2.27. The Hall–Kier alpha value is -2.62. The summed E-state index contributed by atoms with van der Waals surface area (Å²) in [5.74, 6) is -0.171. The molecule has 0 aromatic heterocycles. The zero-order valence-corrected chi connectivity index (χ0v) is 13.2. The Morgan fingerprint density at radius 3 is 2.50 bits per heavy atom. The van der Waals surface area contributed by atoms with E-state index in [4.69, 9.17) is 0 Å². The van der Waals surface area contributed by atoms with Crippen molar-refractivity contribution in [1.82, 2.24) is 5.43 Å². The summed E-state index contributed by atoms with van der Waals surface area (Å²) < 4.78 is 0. The number of carbonyl (C=O) groups is 1. The Kier molecular flexibility index (Phi) is 5.31. The normalized spacial score (nSPS) is 11.1. The van der Waals surface area contributed by atoms with Crippen LogP contribution in [0.3, 0.4) is 0 Å². The van der Waals surface area contributed by atoms with E-state index in [2.05, 4.69) is 21.9 Å². The molecule has 0 aliphatic carbocycles. The molecule has 0 heterocycles. The number of hydrogen-bond acceptors (Lipinski definition) is 3. The molecule has 0 bridgehead atoms. The van der Waals surface area contributed by atoms with E-state index in [0.717, 1.165) is 22.5 Å². The van der Waals surface area contributed by atoms with Gasteiger partial charge in [0.05, 0.1) is 12.3 Å². The van der Waals surface area contributed by atoms with Crippen molar-refractivity contribution < 1.29 is 4.79 Å². The summed E-state index contributed by atoms with van der Waals surface area (Å²) in [7, 11) is 0. The molecule has 0 aliphatic heterocycles. The van der Waals surface area contributed by atoms with Gasteiger partial charge in [0.1, 0.15) is 0 Å². The maximum atomic E-state index is 11.8. The second-order valence-electron chi connectivity index (χ2n) is 5.27. The van der Waals surface area contributed by atoms with Crippen LogP contribution in [-0.2, 0) is 4.79 Å². The number of benzene rings is 2. The molecule has 0 unspecified atom stereocenters. The van der Waals surface area contributed by atoms with Crippen LogP contribution < -0.4 is 10.7 Å². The van der Waals surface area contributed by atoms with Gasteiger partial charge in [-0.3, -0.25) is 4.79 Å². The first-order valence-electron chi connectivity index (χ1n) is 7.26. The number of carbonyl (C=O) groups excluding carboxylic acids is 1. The molecule has 0 spiro atoms. The van der Waals surface area contributed by atoms with E-state index in [0.29, 0.717) is 0 Å². The highest BCUT2D eigenvalue weighted by Gasteiger charge is 2.03. The molecule has 1 amide bonds. The van der Waals surface area contributed by atoms with E-state index in [1.165, 1.54) is 5.56 Å². The van der Waals surface area contributed by atoms with E-state index in [9.17, 15) is 4.79 Å². The van der Waals surface area contributed by atoms with Crippen molar-refractivity contribution in [3.8, 4) is 0 Å². The zero-order valence-electron chi connectivity index (χ0n) is 13.2. The second kappa shape index (κ2) is 7.41. The van der Waals surface area contributed by atoms with Gasteiger partial charge in [-0.2, -0.15) is 5.10 Å². The average molecular weight is 295 g/mol. The van der Waals surface area contributed by atoms with Gasteiger partial charge in [0.25, 0.3) is 5.91 Å². The molecule has 114 valence electrons. The minimum Gasteiger partial charge on any atom is -0.376 e. The molecule has 0 atom stereocenters. The number of nitrogens with one attached hydrogen (secondary N) is 2. The van der Waals surface area contributed by atoms with Crippen LogP contribution in [0.1, 0.15) is 23.6 Å². The molecule has 0 saturated heterocycles. The lowest BCUT2D eigenvalue weighted by atomic mass is 10.1. The largest absolute Gasteiger partial charge is 0.376 e. The van der Waals surface area contributed by atoms with Gasteiger partial charge >= 0.3 is 0 Å². The van der Waals surface area contributed by atoms with Gasteiger partial charge in [0, 0.05) is 5.69 Å². The number of hydrogen-bond donors (Lipinski definition) is 2. The number of aryl methyl sites for hydroxylation is 2. The highest BCUT2D eigenvalue weighted by atomic mass is 16.2. The van der Waals surface area contributed by atoms with Gasteiger partial charge < -0.3 is 5.32 Å². The maximum Gasteiger partial charge on any atom is 0.259 e. The lowest BCUT2D eigenvalue weighted by Gasteiger charge is -2.09. The van der Waals surface area contributed by atoms with E-state index in [1.807, 2.05) is 63.2 Å². The third kappa shape index (κ3) is 4.45. The molecule has 2 aromatic rings. The number of amides is 1. The van der Waals surface area contributed by atoms with Gasteiger partial charge in [-0.25, -0.2) is 5.43 Å². The average Bonchev–Trinajstić information content (AvgIpc) is 2.52. The minimum atomic E-state index is -0.171. The van der Waals surface area contributed by atoms with Crippen molar-refractivity contribution in [1.29, 1.82) is 0 Å². The van der Waals surface area contributed by atoms with Crippen molar-refractivity contribution in [3.63, 3.8) is 0 Å². The summed E-state index contributed by atoms with van der Waals surface area (Å²) in [5, 5.41) is 7.24. The van der Waals surface area contributed by atoms with Crippen molar-refractivity contribution in [3.05, 3.63) is 65.2 Å². The van der Waals surface area contributed by atoms with Gasteiger partial charge in [-0.1, -0.05) is 48.0 Å². The van der Waals surface area contributed by atoms with E-state index in [-0.39, 0.29) is 12.5 Å². The monoisotopic (exact) mass is 295 g/mol. The van der Waals surface area contributed by atoms with Crippen molar-refractivity contribution in [2.75, 3.05) is 11.9 Å². The van der Waals surface area contributed by atoms with Crippen LogP contribution in [0.25, 0.3) is 0 Å². The van der Waals surface area contributed by atoms with Crippen LogP contribution in [0.15, 0.2) is 53.6 Å². The summed E-state index contributed by atoms with van der Waals surface area (Å²) in [6, 6.07) is 15.8. The molecule has 0 radical (unpaired) electrons. The first kappa shape index (κ1) is 15.8. The predicted molar refractivity (Wildman–Crippen MR) is 91.2 cm³/mol. The molecule has 2 N–H and O–H groups in total. The maximum absolute atomic E-state index is 11.8. The first-order valence-corrected chi connectivity index (χ1v) is 7.26. The SMILES string of the molecule is C/C(=N/NC(=O)CNc1ccc(C)cc1C)c1ccccc1. The molecule has 22 heavy (non-hydrogen) atoms. The molecule has 0 aliphatic rings. The van der Waals surface area contributed by atoms with E-state index >= 15 is 0 Å². The highest BCUT2D eigenvalue weighted by Crippen LogP contribution is 2.15. The van der Waals surface area contributed by atoms with Gasteiger partial charge in [-0.15, -0.1) is 0 Å². The quantitative estimate of drug-likeness (QED) is 0.657. The second-order valence-corrected chi connectivity index (χ2v) is 5.27. The lowest BCUT2D eigenvalue weighted by molar-refractivity contribution is -0.119. The number of anilines is 1. The minimum absolute atomic E-state index is 0.171. The van der Waals surface area contributed by atoms with Crippen LogP contribution in [0.2, 0.25) is 0 Å². The molecule has 2 aromatic carbocycles. The van der Waals surface area contributed by atoms with Crippen LogP contribution >= 0.6 is 0 Å². The molecule has 0 fully saturated rings. The third-order valence-corrected chi connectivity index (χ3v) is 3.36. The predicted octanol–water partition coefficient (Wildman–Crippen LogP) is 3.26. The summed E-state index contributed by atoms with van der Waals surface area (Å²) in [6.45, 7) is 6.12. The number of nitrogens with zero attached hydrogens (tertiary/aromatic N) is 1. The standard InChI is InChI=1S/C18H21N3O/c1-13-9-10-17(14(2)11-13)19-12-18(22)21-20-15(3)16-7-5-4-6-8-16/h4-11,19H,12H2,1-3H3,(H,21,22)/b20-15-. The summed E-state index contributed by atoms with van der Waals surface area (Å²) in [4.78, 5) is 11.8. The van der Waals surface area contributed by atoms with E-state index in [1.54, 1.807) is 0 Å². The van der Waals surface area contributed by atoms with Crippen LogP contribution in [0.4, 0.5) is 5.69 Å². The zero-order chi connectivity index (χ0) is 15.9. The Bertz CT molecular complexity index is 678. The van der Waals surface area contributed by atoms with Crippen molar-refractivity contribution >= 4 is 17.3 Å². The Morgan fingerprint density at radius 2 is 1.82 bits per heavy atom. The van der Waals surface area contributed by atoms with Crippen LogP contribution in [0.5, 0.6) is 0 Å². The van der Waals surface area contributed by atoms with E-state index < -0.39 is 0 Å². The number of rotatable bonds is 5. The molecule has 4 nitrogen and oxygen atoms in total. The Morgan fingerprint density at radius 1 is 1.09 bits per heavy atom. The summed E-state index contributed by atoms with van der Waals surface area (Å²) in [5.41, 5.74) is 7.63. The van der Waals surface area contributed by atoms with Crippen LogP contribution in [0, 0.1) is 13.8 Å². The van der Waals surface area contributed by atoms with Gasteiger partial charge in [0.2, 0.25) is 0 Å². The summed E-state index contributed by atoms with van der Waals surface area (Å²) >= 11 is 0. The molecular weight excluding hydrogens is 274 g/mol. The molecular formula is C18H21N3O. The smallest absolute Gasteiger partial charge is 0.259 e. The van der Waals surface area contributed by atoms with Crippen molar-refractivity contribution in [2.45, 2.75) is 20.8 Å².